The van der Waals surface area contributed by atoms with Crippen LogP contribution in [0.3, 0.4) is 0 Å². The van der Waals surface area contributed by atoms with Gasteiger partial charge in [-0.15, -0.1) is 0 Å². The Bertz CT molecular complexity index is 1170. The number of H-pyrrole nitrogens is 1. The third-order valence-corrected chi connectivity index (χ3v) is 6.73. The number of methoxy groups -OCH3 is 1. The number of nitrogens with zero attached hydrogens (tertiary/aromatic N) is 2. The van der Waals surface area contributed by atoms with Crippen molar-refractivity contribution in [2.75, 3.05) is 20.2 Å². The van der Waals surface area contributed by atoms with Crippen LogP contribution in [0, 0.1) is 11.8 Å². The molecule has 1 aromatic rings. The molecule has 3 aliphatic rings. The minimum atomic E-state index is -5.59. The van der Waals surface area contributed by atoms with E-state index in [4.69, 9.17) is 10.5 Å². The van der Waals surface area contributed by atoms with E-state index >= 15 is 4.39 Å². The lowest BCUT2D eigenvalue weighted by Gasteiger charge is -2.34. The molecule has 2 fully saturated rings. The summed E-state index contributed by atoms with van der Waals surface area (Å²) in [4.78, 5) is 28.3. The van der Waals surface area contributed by atoms with E-state index in [9.17, 15) is 35.9 Å². The molecule has 7 nitrogen and oxygen atoms in total. The van der Waals surface area contributed by atoms with Gasteiger partial charge in [-0.3, -0.25) is 19.2 Å². The quantitative estimate of drug-likeness (QED) is 0.576. The summed E-state index contributed by atoms with van der Waals surface area (Å²) in [7, 11) is 1.20. The Labute approximate surface area is 187 Å². The molecule has 4 atom stereocenters. The van der Waals surface area contributed by atoms with Crippen LogP contribution in [0.15, 0.2) is 9.59 Å². The van der Waals surface area contributed by atoms with Crippen molar-refractivity contribution in [1.29, 1.82) is 0 Å². The molecule has 14 heteroatoms. The van der Waals surface area contributed by atoms with Gasteiger partial charge < -0.3 is 10.5 Å². The van der Waals surface area contributed by atoms with Crippen LogP contribution in [0.4, 0.5) is 30.7 Å². The normalized spacial score (nSPS) is 27.0. The second-order valence-corrected chi connectivity index (χ2v) is 8.93. The fraction of sp³-hybridized carbons (Fsp3) is 0.700. The van der Waals surface area contributed by atoms with Crippen molar-refractivity contribution >= 4 is 11.8 Å². The summed E-state index contributed by atoms with van der Waals surface area (Å²) in [5.41, 5.74) is 3.96. The third-order valence-electron chi connectivity index (χ3n) is 6.73. The van der Waals surface area contributed by atoms with E-state index in [1.54, 1.807) is 0 Å². The smallest absolute Gasteiger partial charge is 0.402 e. The summed E-state index contributed by atoms with van der Waals surface area (Å²) in [6.45, 7) is -0.388. The predicted molar refractivity (Wildman–Crippen MR) is 106 cm³/mol. The van der Waals surface area contributed by atoms with E-state index in [1.165, 1.54) is 16.6 Å². The van der Waals surface area contributed by atoms with Crippen molar-refractivity contribution in [3.63, 3.8) is 0 Å². The average Bonchev–Trinajstić information content (AvgIpc) is 3.40. The second kappa shape index (κ2) is 8.40. The first kappa shape index (κ1) is 24.8. The van der Waals surface area contributed by atoms with Crippen molar-refractivity contribution in [1.82, 2.24) is 14.5 Å². The standard InChI is InChI=1S/C20H23F7N4O3/c1-34-15-13-10(17(32)29-18(33)31(13)9-2-3-9)6-11(21)14(15)30-5-4-8(7-30)12(28)16(19(22,23)24)20(25,26)27/h6,8-9,11-12,14,16H,2-5,7,28H2,1H3,(H,29,32,33). The van der Waals surface area contributed by atoms with Crippen LogP contribution in [0.5, 0.6) is 0 Å². The number of ether oxygens (including phenoxy) is 1. The van der Waals surface area contributed by atoms with Gasteiger partial charge in [-0.2, -0.15) is 26.3 Å². The molecule has 1 aliphatic heterocycles. The number of hydrogen-bond acceptors (Lipinski definition) is 5. The van der Waals surface area contributed by atoms with Crippen LogP contribution < -0.4 is 27.6 Å². The average molecular weight is 500 g/mol. The molecule has 0 aromatic carbocycles. The fourth-order valence-corrected chi connectivity index (χ4v) is 5.05. The highest BCUT2D eigenvalue weighted by Gasteiger charge is 2.61. The summed E-state index contributed by atoms with van der Waals surface area (Å²) >= 11 is 0. The molecule has 2 heterocycles. The summed E-state index contributed by atoms with van der Waals surface area (Å²) in [5.74, 6) is -5.00. The highest BCUT2D eigenvalue weighted by molar-refractivity contribution is 5.53. The molecule has 4 rings (SSSR count). The molecule has 34 heavy (non-hydrogen) atoms. The first-order valence-electron chi connectivity index (χ1n) is 10.7. The molecule has 0 bridgehead atoms. The Hall–Kier alpha value is -2.35. The number of hydrogen-bond donors (Lipinski definition) is 2. The topological polar surface area (TPSA) is 93.3 Å². The highest BCUT2D eigenvalue weighted by Crippen LogP contribution is 2.44. The molecule has 0 spiro atoms. The predicted octanol–water partition coefficient (Wildman–Crippen LogP) is 0.517. The van der Waals surface area contributed by atoms with Gasteiger partial charge in [0.15, 0.2) is 5.92 Å². The minimum Gasteiger partial charge on any atom is -0.497 e. The lowest BCUT2D eigenvalue weighted by Crippen LogP contribution is -2.60. The number of aromatic nitrogens is 2. The molecule has 3 N–H and O–H groups in total. The third kappa shape index (κ3) is 4.25. The maximum atomic E-state index is 15.3. The molecule has 1 aromatic heterocycles. The number of alkyl halides is 7. The van der Waals surface area contributed by atoms with Gasteiger partial charge in [0.1, 0.15) is 18.0 Å². The SMILES string of the molecule is COC1=c2c(c(=O)[nH]c(=O)n2C2CC2)=CC(F)C1N1CCC(C(N)C(C(F)(F)F)C(F)(F)F)C1. The van der Waals surface area contributed by atoms with E-state index in [0.717, 1.165) is 6.08 Å². The van der Waals surface area contributed by atoms with Crippen LogP contribution in [0.25, 0.3) is 11.8 Å². The number of rotatable bonds is 5. The molecule has 0 radical (unpaired) electrons. The minimum absolute atomic E-state index is 0.0429. The Morgan fingerprint density at radius 2 is 1.74 bits per heavy atom. The summed E-state index contributed by atoms with van der Waals surface area (Å²) in [6, 6.07) is -3.75. The van der Waals surface area contributed by atoms with Crippen LogP contribution >= 0.6 is 0 Å². The van der Waals surface area contributed by atoms with Gasteiger partial charge in [-0.1, -0.05) is 0 Å². The Morgan fingerprint density at radius 3 is 2.26 bits per heavy atom. The van der Waals surface area contributed by atoms with E-state index in [-0.39, 0.29) is 41.9 Å². The van der Waals surface area contributed by atoms with Crippen LogP contribution in [0.1, 0.15) is 25.3 Å². The summed E-state index contributed by atoms with van der Waals surface area (Å²) in [6.07, 6.45) is -10.9. The van der Waals surface area contributed by atoms with E-state index in [0.29, 0.717) is 12.8 Å². The van der Waals surface area contributed by atoms with E-state index < -0.39 is 53.7 Å². The number of aromatic amines is 1. The van der Waals surface area contributed by atoms with Crippen molar-refractivity contribution in [2.24, 2.45) is 17.6 Å². The molecule has 4 unspecified atom stereocenters. The summed E-state index contributed by atoms with van der Waals surface area (Å²) in [5, 5.41) is -0.0254. The molecule has 1 saturated heterocycles. The first-order valence-corrected chi connectivity index (χ1v) is 10.7. The van der Waals surface area contributed by atoms with Crippen LogP contribution in [-0.2, 0) is 4.74 Å². The number of nitrogens with two attached hydrogens (primary N) is 1. The van der Waals surface area contributed by atoms with Gasteiger partial charge in [-0.25, -0.2) is 9.18 Å². The monoisotopic (exact) mass is 500 g/mol. The first-order chi connectivity index (χ1) is 15.8. The van der Waals surface area contributed by atoms with Gasteiger partial charge >= 0.3 is 18.0 Å². The van der Waals surface area contributed by atoms with Gasteiger partial charge in [0.25, 0.3) is 5.56 Å². The number of fused-ring (bicyclic) bond motifs is 1. The number of nitrogens with one attached hydrogen (secondary N) is 1. The zero-order valence-electron chi connectivity index (χ0n) is 17.9. The lowest BCUT2D eigenvalue weighted by atomic mass is 9.87. The molecular weight excluding hydrogens is 477 g/mol. The summed E-state index contributed by atoms with van der Waals surface area (Å²) < 4.78 is 101. The molecular formula is C20H23F7N4O3. The molecule has 2 aliphatic carbocycles. The second-order valence-electron chi connectivity index (χ2n) is 8.93. The fourth-order valence-electron chi connectivity index (χ4n) is 5.05. The lowest BCUT2D eigenvalue weighted by molar-refractivity contribution is -0.292. The number of halogens is 7. The molecule has 1 saturated carbocycles. The number of likely N-dealkylation sites (tertiary alicyclic amines) is 1. The van der Waals surface area contributed by atoms with Crippen molar-refractivity contribution in [3.05, 3.63) is 31.4 Å². The Morgan fingerprint density at radius 1 is 1.12 bits per heavy atom. The maximum Gasteiger partial charge on any atom is 0.402 e. The molecule has 0 amide bonds. The van der Waals surface area contributed by atoms with Crippen LogP contribution in [-0.4, -0.2) is 65.3 Å². The van der Waals surface area contributed by atoms with Gasteiger partial charge in [0.2, 0.25) is 0 Å². The van der Waals surface area contributed by atoms with Gasteiger partial charge in [0.05, 0.1) is 17.7 Å². The Balaban J connectivity index is 1.72. The molecule has 190 valence electrons. The zero-order chi connectivity index (χ0) is 25.2. The Kier molecular flexibility index (Phi) is 6.12. The van der Waals surface area contributed by atoms with E-state index in [2.05, 4.69) is 4.98 Å². The van der Waals surface area contributed by atoms with E-state index in [1.807, 2.05) is 0 Å². The van der Waals surface area contributed by atoms with Crippen molar-refractivity contribution in [2.45, 2.75) is 55.9 Å². The van der Waals surface area contributed by atoms with Crippen molar-refractivity contribution in [3.8, 4) is 0 Å². The van der Waals surface area contributed by atoms with Gasteiger partial charge in [0, 0.05) is 18.6 Å². The highest BCUT2D eigenvalue weighted by atomic mass is 19.4. The van der Waals surface area contributed by atoms with Gasteiger partial charge in [-0.05, 0) is 37.8 Å². The van der Waals surface area contributed by atoms with Crippen molar-refractivity contribution < 1.29 is 35.5 Å². The largest absolute Gasteiger partial charge is 0.497 e. The maximum absolute atomic E-state index is 15.3. The van der Waals surface area contributed by atoms with Crippen LogP contribution in [0.2, 0.25) is 0 Å². The zero-order valence-corrected chi connectivity index (χ0v) is 17.9.